The Morgan fingerprint density at radius 3 is 0.895 bits per heavy atom. The summed E-state index contributed by atoms with van der Waals surface area (Å²) in [5.74, 6) is 0. The van der Waals surface area contributed by atoms with Crippen LogP contribution in [0.2, 0.25) is 0 Å². The molecule has 0 atom stereocenters. The molecule has 0 aliphatic rings. The Morgan fingerprint density at radius 1 is 0.368 bits per heavy atom. The van der Waals surface area contributed by atoms with Gasteiger partial charge in [-0.3, -0.25) is 0 Å². The first kappa shape index (κ1) is 12.3. The van der Waals surface area contributed by atoms with Crippen LogP contribution < -0.4 is 12.2 Å². The number of hydrogen-bond donors (Lipinski definition) is 0. The van der Waals surface area contributed by atoms with E-state index in [4.69, 9.17) is 0 Å². The van der Waals surface area contributed by atoms with Crippen LogP contribution in [0.5, 0.6) is 0 Å². The zero-order valence-corrected chi connectivity index (χ0v) is 12.4. The third kappa shape index (κ3) is 2.84. The summed E-state index contributed by atoms with van der Waals surface area (Å²) >= 11 is -1.52. The molecular formula is C18H15Tc. The summed E-state index contributed by atoms with van der Waals surface area (Å²) < 4.78 is 4.47. The topological polar surface area (TPSA) is 0 Å². The monoisotopic (exact) mass is 328 g/mol. The molecule has 3 rings (SSSR count). The predicted octanol–water partition coefficient (Wildman–Crippen LogP) is 2.58. The van der Waals surface area contributed by atoms with Crippen LogP contribution in [0.25, 0.3) is 0 Å². The first-order valence-electron chi connectivity index (χ1n) is 6.30. The SMILES string of the molecule is c1cc[c]([Tc]([c]2ccccc2)[c]2ccccc2)cc1. The van der Waals surface area contributed by atoms with Crippen molar-refractivity contribution in [2.24, 2.45) is 0 Å². The van der Waals surface area contributed by atoms with Gasteiger partial charge in [0.05, 0.1) is 0 Å². The van der Waals surface area contributed by atoms with Crippen molar-refractivity contribution in [1.29, 1.82) is 0 Å². The van der Waals surface area contributed by atoms with Gasteiger partial charge in [-0.25, -0.2) is 0 Å². The summed E-state index contributed by atoms with van der Waals surface area (Å²) in [7, 11) is 0. The van der Waals surface area contributed by atoms with Crippen LogP contribution >= 0.6 is 0 Å². The van der Waals surface area contributed by atoms with Crippen molar-refractivity contribution >= 4 is 12.2 Å². The maximum atomic E-state index is 2.27. The molecule has 0 saturated carbocycles. The molecule has 0 fully saturated rings. The van der Waals surface area contributed by atoms with E-state index in [0.717, 1.165) is 0 Å². The summed E-state index contributed by atoms with van der Waals surface area (Å²) in [6.45, 7) is 0. The van der Waals surface area contributed by atoms with Gasteiger partial charge in [0.15, 0.2) is 0 Å². The van der Waals surface area contributed by atoms with E-state index in [-0.39, 0.29) is 0 Å². The molecule has 19 heavy (non-hydrogen) atoms. The van der Waals surface area contributed by atoms with Crippen LogP contribution in [0.4, 0.5) is 0 Å². The van der Waals surface area contributed by atoms with Crippen molar-refractivity contribution in [2.75, 3.05) is 0 Å². The van der Waals surface area contributed by atoms with E-state index >= 15 is 0 Å². The van der Waals surface area contributed by atoms with E-state index in [1.54, 1.807) is 0 Å². The Labute approximate surface area is 119 Å². The van der Waals surface area contributed by atoms with Crippen LogP contribution in [0.3, 0.4) is 0 Å². The van der Waals surface area contributed by atoms with Crippen molar-refractivity contribution in [1.82, 2.24) is 0 Å². The third-order valence-electron chi connectivity index (χ3n) is 2.85. The molecular weight excluding hydrogens is 314 g/mol. The summed E-state index contributed by atoms with van der Waals surface area (Å²) in [6, 6.07) is 32.8. The second-order valence-corrected chi connectivity index (χ2v) is 8.78. The Morgan fingerprint density at radius 2 is 0.632 bits per heavy atom. The number of rotatable bonds is 3. The van der Waals surface area contributed by atoms with Gasteiger partial charge in [0.25, 0.3) is 0 Å². The van der Waals surface area contributed by atoms with Gasteiger partial charge in [0, 0.05) is 0 Å². The van der Waals surface area contributed by atoms with E-state index in [1.807, 2.05) is 0 Å². The molecule has 0 bridgehead atoms. The fraction of sp³-hybridized carbons (Fsp3) is 0. The van der Waals surface area contributed by atoms with Gasteiger partial charge in [0.2, 0.25) is 0 Å². The summed E-state index contributed by atoms with van der Waals surface area (Å²) in [5, 5.41) is 0. The minimum absolute atomic E-state index is 1.49. The summed E-state index contributed by atoms with van der Waals surface area (Å²) in [6.07, 6.45) is 0. The van der Waals surface area contributed by atoms with E-state index in [0.29, 0.717) is 0 Å². The molecule has 0 aromatic heterocycles. The molecule has 3 aromatic carbocycles. The first-order valence-corrected chi connectivity index (χ1v) is 9.09. The van der Waals surface area contributed by atoms with Crippen molar-refractivity contribution < 1.29 is 16.5 Å². The molecule has 0 heterocycles. The van der Waals surface area contributed by atoms with Crippen LogP contribution in [0, 0.1) is 0 Å². The normalized spacial score (nSPS) is 11.1. The zero-order valence-electron chi connectivity index (χ0n) is 10.5. The van der Waals surface area contributed by atoms with Gasteiger partial charge in [0.1, 0.15) is 0 Å². The van der Waals surface area contributed by atoms with Gasteiger partial charge in [-0.2, -0.15) is 0 Å². The fourth-order valence-electron chi connectivity index (χ4n) is 2.00. The molecule has 0 unspecified atom stereocenters. The van der Waals surface area contributed by atoms with Crippen LogP contribution in [-0.2, 0) is 16.5 Å². The molecule has 0 amide bonds. The maximum absolute atomic E-state index is 2.27. The quantitative estimate of drug-likeness (QED) is 0.693. The van der Waals surface area contributed by atoms with E-state index in [9.17, 15) is 0 Å². The Kier molecular flexibility index (Phi) is 3.88. The molecule has 0 aliphatic heterocycles. The Bertz CT molecular complexity index is 524. The Balaban J connectivity index is 2.12. The van der Waals surface area contributed by atoms with Crippen molar-refractivity contribution in [2.45, 2.75) is 0 Å². The van der Waals surface area contributed by atoms with Crippen molar-refractivity contribution in [3.8, 4) is 0 Å². The fourth-order valence-corrected chi connectivity index (χ4v) is 6.79. The standard InChI is InChI=1S/3C6H5.Tc/c3*1-2-4-6-5-3-1;/h3*1-5H;. The average molecular weight is 329 g/mol. The van der Waals surface area contributed by atoms with Crippen LogP contribution in [0.1, 0.15) is 0 Å². The van der Waals surface area contributed by atoms with E-state index in [1.165, 1.54) is 12.2 Å². The molecule has 0 aliphatic carbocycles. The molecule has 0 N–H and O–H groups in total. The second kappa shape index (κ2) is 5.97. The molecule has 0 spiro atoms. The van der Waals surface area contributed by atoms with Gasteiger partial charge in [-0.05, 0) is 0 Å². The predicted molar refractivity (Wildman–Crippen MR) is 78.2 cm³/mol. The molecule has 0 radical (unpaired) electrons. The number of hydrogen-bond acceptors (Lipinski definition) is 0. The molecule has 3 aromatic rings. The van der Waals surface area contributed by atoms with Crippen LogP contribution in [0.15, 0.2) is 91.0 Å². The molecule has 1 heteroatoms. The number of benzene rings is 3. The average Bonchev–Trinajstić information content (AvgIpc) is 2.51. The summed E-state index contributed by atoms with van der Waals surface area (Å²) in [4.78, 5) is 0. The van der Waals surface area contributed by atoms with Gasteiger partial charge >= 0.3 is 120 Å². The van der Waals surface area contributed by atoms with E-state index in [2.05, 4.69) is 91.0 Å². The van der Waals surface area contributed by atoms with Crippen molar-refractivity contribution in [3.05, 3.63) is 91.0 Å². The first-order chi connectivity index (χ1) is 9.45. The molecule has 94 valence electrons. The van der Waals surface area contributed by atoms with Crippen molar-refractivity contribution in [3.63, 3.8) is 0 Å². The second-order valence-electron chi connectivity index (χ2n) is 4.17. The minimum atomic E-state index is -1.52. The molecule has 0 nitrogen and oxygen atoms in total. The third-order valence-corrected chi connectivity index (χ3v) is 7.93. The van der Waals surface area contributed by atoms with Gasteiger partial charge in [-0.15, -0.1) is 0 Å². The van der Waals surface area contributed by atoms with E-state index < -0.39 is 16.5 Å². The van der Waals surface area contributed by atoms with Gasteiger partial charge < -0.3 is 0 Å². The van der Waals surface area contributed by atoms with Gasteiger partial charge in [-0.1, -0.05) is 0 Å². The zero-order chi connectivity index (χ0) is 12.9. The van der Waals surface area contributed by atoms with Crippen LogP contribution in [-0.4, -0.2) is 0 Å². The summed E-state index contributed by atoms with van der Waals surface area (Å²) in [5.41, 5.74) is 0. The Hall–Kier alpha value is -1.69. The molecule has 0 saturated heterocycles.